The second-order valence-electron chi connectivity index (χ2n) is 4.91. The molecule has 1 unspecified atom stereocenters. The van der Waals surface area contributed by atoms with Gasteiger partial charge in [-0.05, 0) is 25.7 Å². The summed E-state index contributed by atoms with van der Waals surface area (Å²) in [6.45, 7) is 1.83. The van der Waals surface area contributed by atoms with Crippen LogP contribution in [0.1, 0.15) is 32.1 Å². The SMILES string of the molecule is O=C(CCCNC(=O)NC1CCOC1)NC1CC1. The predicted octanol–water partition coefficient (Wildman–Crippen LogP) is 0.133. The second kappa shape index (κ2) is 6.58. The van der Waals surface area contributed by atoms with Crippen LogP contribution < -0.4 is 16.0 Å². The molecule has 0 aromatic rings. The summed E-state index contributed by atoms with van der Waals surface area (Å²) in [6.07, 6.45) is 4.24. The van der Waals surface area contributed by atoms with Crippen LogP contribution in [0.2, 0.25) is 0 Å². The van der Waals surface area contributed by atoms with Crippen molar-refractivity contribution in [3.63, 3.8) is 0 Å². The number of nitrogens with one attached hydrogen (secondary N) is 3. The molecule has 6 nitrogen and oxygen atoms in total. The van der Waals surface area contributed by atoms with E-state index in [1.807, 2.05) is 0 Å². The Hall–Kier alpha value is -1.30. The standard InChI is InChI=1S/C12H21N3O3/c16-11(14-9-3-4-9)2-1-6-13-12(17)15-10-5-7-18-8-10/h9-10H,1-8H2,(H,14,16)(H2,13,15,17). The van der Waals surface area contributed by atoms with E-state index >= 15 is 0 Å². The van der Waals surface area contributed by atoms with E-state index in [0.717, 1.165) is 19.3 Å². The highest BCUT2D eigenvalue weighted by atomic mass is 16.5. The minimum absolute atomic E-state index is 0.0869. The first-order chi connectivity index (χ1) is 8.74. The number of carbonyl (C=O) groups excluding carboxylic acids is 2. The van der Waals surface area contributed by atoms with Crippen LogP contribution in [-0.2, 0) is 9.53 Å². The highest BCUT2D eigenvalue weighted by molar-refractivity contribution is 5.77. The highest BCUT2D eigenvalue weighted by Gasteiger charge is 2.22. The third-order valence-corrected chi connectivity index (χ3v) is 3.07. The molecule has 2 aliphatic rings. The number of amides is 3. The molecule has 0 aromatic heterocycles. The summed E-state index contributed by atoms with van der Waals surface area (Å²) in [5.41, 5.74) is 0. The first-order valence-corrected chi connectivity index (χ1v) is 6.65. The average Bonchev–Trinajstić information content (AvgIpc) is 2.99. The lowest BCUT2D eigenvalue weighted by molar-refractivity contribution is -0.121. The molecule has 3 N–H and O–H groups in total. The lowest BCUT2D eigenvalue weighted by Crippen LogP contribution is -2.42. The zero-order chi connectivity index (χ0) is 12.8. The van der Waals surface area contributed by atoms with Gasteiger partial charge in [-0.3, -0.25) is 4.79 Å². The van der Waals surface area contributed by atoms with Gasteiger partial charge in [0.2, 0.25) is 5.91 Å². The number of hydrogen-bond acceptors (Lipinski definition) is 3. The smallest absolute Gasteiger partial charge is 0.315 e. The Morgan fingerprint density at radius 3 is 2.61 bits per heavy atom. The molecule has 1 saturated carbocycles. The minimum Gasteiger partial charge on any atom is -0.379 e. The fourth-order valence-corrected chi connectivity index (χ4v) is 1.86. The van der Waals surface area contributed by atoms with Crippen LogP contribution in [0.4, 0.5) is 4.79 Å². The van der Waals surface area contributed by atoms with E-state index < -0.39 is 0 Å². The summed E-state index contributed by atoms with van der Waals surface area (Å²) in [5.74, 6) is 0.0869. The molecule has 2 fully saturated rings. The molecule has 3 amide bonds. The molecule has 102 valence electrons. The normalized spacial score (nSPS) is 22.6. The van der Waals surface area contributed by atoms with Crippen LogP contribution in [0.5, 0.6) is 0 Å². The fourth-order valence-electron chi connectivity index (χ4n) is 1.86. The fraction of sp³-hybridized carbons (Fsp3) is 0.833. The van der Waals surface area contributed by atoms with E-state index in [1.54, 1.807) is 0 Å². The van der Waals surface area contributed by atoms with E-state index in [4.69, 9.17) is 4.74 Å². The van der Waals surface area contributed by atoms with Gasteiger partial charge in [-0.1, -0.05) is 0 Å². The molecule has 1 saturated heterocycles. The van der Waals surface area contributed by atoms with Crippen molar-refractivity contribution in [3.05, 3.63) is 0 Å². The molecule has 0 aromatic carbocycles. The third-order valence-electron chi connectivity index (χ3n) is 3.07. The molecule has 0 spiro atoms. The van der Waals surface area contributed by atoms with Crippen molar-refractivity contribution in [2.24, 2.45) is 0 Å². The van der Waals surface area contributed by atoms with Crippen LogP contribution in [-0.4, -0.2) is 43.8 Å². The van der Waals surface area contributed by atoms with Gasteiger partial charge in [0.25, 0.3) is 0 Å². The van der Waals surface area contributed by atoms with Gasteiger partial charge in [-0.2, -0.15) is 0 Å². The number of urea groups is 1. The number of rotatable bonds is 6. The van der Waals surface area contributed by atoms with Crippen molar-refractivity contribution in [3.8, 4) is 0 Å². The van der Waals surface area contributed by atoms with E-state index in [9.17, 15) is 9.59 Å². The maximum Gasteiger partial charge on any atom is 0.315 e. The molecule has 1 aliphatic heterocycles. The Morgan fingerprint density at radius 1 is 1.11 bits per heavy atom. The molecular formula is C12H21N3O3. The summed E-state index contributed by atoms with van der Waals surface area (Å²) in [6, 6.07) is 0.368. The number of carbonyl (C=O) groups is 2. The molecule has 1 heterocycles. The maximum absolute atomic E-state index is 11.5. The monoisotopic (exact) mass is 255 g/mol. The van der Waals surface area contributed by atoms with Crippen molar-refractivity contribution < 1.29 is 14.3 Å². The van der Waals surface area contributed by atoms with Crippen LogP contribution in [0.3, 0.4) is 0 Å². The maximum atomic E-state index is 11.5. The summed E-state index contributed by atoms with van der Waals surface area (Å²) in [4.78, 5) is 22.8. The van der Waals surface area contributed by atoms with Crippen molar-refractivity contribution >= 4 is 11.9 Å². The zero-order valence-electron chi connectivity index (χ0n) is 10.5. The van der Waals surface area contributed by atoms with Crippen LogP contribution in [0.25, 0.3) is 0 Å². The first kappa shape index (κ1) is 13.1. The average molecular weight is 255 g/mol. The number of hydrogen-bond donors (Lipinski definition) is 3. The van der Waals surface area contributed by atoms with Gasteiger partial charge < -0.3 is 20.7 Å². The third kappa shape index (κ3) is 4.91. The Kier molecular flexibility index (Phi) is 4.81. The highest BCUT2D eigenvalue weighted by Crippen LogP contribution is 2.18. The Bertz CT molecular complexity index is 299. The first-order valence-electron chi connectivity index (χ1n) is 6.65. The van der Waals surface area contributed by atoms with Gasteiger partial charge in [-0.15, -0.1) is 0 Å². The van der Waals surface area contributed by atoms with E-state index in [1.165, 1.54) is 0 Å². The molecular weight excluding hydrogens is 234 g/mol. The Balaban J connectivity index is 1.46. The van der Waals surface area contributed by atoms with Crippen molar-refractivity contribution in [2.45, 2.75) is 44.2 Å². The van der Waals surface area contributed by atoms with Crippen LogP contribution in [0, 0.1) is 0 Å². The summed E-state index contributed by atoms with van der Waals surface area (Å²) >= 11 is 0. The largest absolute Gasteiger partial charge is 0.379 e. The van der Waals surface area contributed by atoms with Gasteiger partial charge in [0.1, 0.15) is 0 Å². The molecule has 0 bridgehead atoms. The summed E-state index contributed by atoms with van der Waals surface area (Å²) in [7, 11) is 0. The number of ether oxygens (including phenoxy) is 1. The lowest BCUT2D eigenvalue weighted by atomic mass is 10.2. The molecule has 2 rings (SSSR count). The molecule has 1 aliphatic carbocycles. The topological polar surface area (TPSA) is 79.5 Å². The molecule has 18 heavy (non-hydrogen) atoms. The van der Waals surface area contributed by atoms with Crippen molar-refractivity contribution in [1.82, 2.24) is 16.0 Å². The van der Waals surface area contributed by atoms with Gasteiger partial charge in [-0.25, -0.2) is 4.79 Å². The molecule has 0 radical (unpaired) electrons. The summed E-state index contributed by atoms with van der Waals surface area (Å²) in [5, 5.41) is 8.50. The van der Waals surface area contributed by atoms with Gasteiger partial charge >= 0.3 is 6.03 Å². The second-order valence-corrected chi connectivity index (χ2v) is 4.91. The van der Waals surface area contributed by atoms with Gasteiger partial charge in [0, 0.05) is 25.6 Å². The van der Waals surface area contributed by atoms with E-state index in [-0.39, 0.29) is 18.0 Å². The van der Waals surface area contributed by atoms with E-state index in [0.29, 0.717) is 38.6 Å². The zero-order valence-corrected chi connectivity index (χ0v) is 10.5. The minimum atomic E-state index is -0.173. The van der Waals surface area contributed by atoms with Crippen LogP contribution >= 0.6 is 0 Å². The Morgan fingerprint density at radius 2 is 1.94 bits per heavy atom. The van der Waals surface area contributed by atoms with E-state index in [2.05, 4.69) is 16.0 Å². The Labute approximate surface area is 107 Å². The quantitative estimate of drug-likeness (QED) is 0.590. The molecule has 6 heteroatoms. The van der Waals surface area contributed by atoms with Crippen LogP contribution in [0.15, 0.2) is 0 Å². The van der Waals surface area contributed by atoms with Gasteiger partial charge in [0.05, 0.1) is 12.6 Å². The lowest BCUT2D eigenvalue weighted by Gasteiger charge is -2.11. The molecule has 1 atom stereocenters. The van der Waals surface area contributed by atoms with Crippen molar-refractivity contribution in [2.75, 3.05) is 19.8 Å². The summed E-state index contributed by atoms with van der Waals surface area (Å²) < 4.78 is 5.16. The van der Waals surface area contributed by atoms with Gasteiger partial charge in [0.15, 0.2) is 0 Å². The predicted molar refractivity (Wildman–Crippen MR) is 66.2 cm³/mol. The van der Waals surface area contributed by atoms with Crippen molar-refractivity contribution in [1.29, 1.82) is 0 Å².